The number of hydrogen-bond donors (Lipinski definition) is 2. The third-order valence-electron chi connectivity index (χ3n) is 3.10. The molecule has 23 heavy (non-hydrogen) atoms. The highest BCUT2D eigenvalue weighted by atomic mass is 32.1. The lowest BCUT2D eigenvalue weighted by Gasteiger charge is -2.06. The summed E-state index contributed by atoms with van der Waals surface area (Å²) in [6, 6.07) is 7.18. The molecule has 2 N–H and O–H groups in total. The Morgan fingerprint density at radius 3 is 2.65 bits per heavy atom. The maximum atomic E-state index is 11.9. The number of aryl methyl sites for hydroxylation is 1. The number of rotatable bonds is 7. The molecule has 0 aliphatic rings. The van der Waals surface area contributed by atoms with E-state index in [1.807, 2.05) is 24.4 Å². The maximum Gasteiger partial charge on any atom is 0.247 e. The van der Waals surface area contributed by atoms with Crippen molar-refractivity contribution < 1.29 is 9.59 Å². The van der Waals surface area contributed by atoms with Gasteiger partial charge >= 0.3 is 0 Å². The average Bonchev–Trinajstić information content (AvgIpc) is 2.94. The van der Waals surface area contributed by atoms with E-state index in [-0.39, 0.29) is 11.8 Å². The lowest BCUT2D eigenvalue weighted by Crippen LogP contribution is -2.27. The molecule has 6 heteroatoms. The van der Waals surface area contributed by atoms with Gasteiger partial charge in [-0.25, -0.2) is 4.98 Å². The van der Waals surface area contributed by atoms with Crippen LogP contribution in [0.3, 0.4) is 0 Å². The van der Waals surface area contributed by atoms with Crippen molar-refractivity contribution in [2.45, 2.75) is 19.8 Å². The molecule has 0 saturated heterocycles. The van der Waals surface area contributed by atoms with Crippen LogP contribution in [-0.2, 0) is 22.4 Å². The summed E-state index contributed by atoms with van der Waals surface area (Å²) < 4.78 is 0. The lowest BCUT2D eigenvalue weighted by atomic mass is 10.1. The number of amides is 2. The topological polar surface area (TPSA) is 71.1 Å². The number of nitrogens with one attached hydrogen (secondary N) is 2. The molecule has 1 aromatic heterocycles. The number of hydrogen-bond acceptors (Lipinski definition) is 4. The van der Waals surface area contributed by atoms with Gasteiger partial charge in [-0.05, 0) is 30.7 Å². The summed E-state index contributed by atoms with van der Waals surface area (Å²) in [6.45, 7) is 5.94. The normalized spacial score (nSPS) is 10.1. The molecular weight excluding hydrogens is 310 g/mol. The van der Waals surface area contributed by atoms with E-state index in [0.29, 0.717) is 18.7 Å². The number of aromatic nitrogens is 1. The summed E-state index contributed by atoms with van der Waals surface area (Å²) >= 11 is 1.61. The standard InChI is InChI=1S/C17H19N3O2S/c1-3-15(21)20-14-6-4-13(5-7-14)10-16(22)18-9-8-17-19-12(2)11-23-17/h3-7,11H,1,8-10H2,2H3,(H,18,22)(H,20,21). The molecule has 0 fully saturated rings. The molecule has 0 aliphatic heterocycles. The van der Waals surface area contributed by atoms with E-state index in [2.05, 4.69) is 22.2 Å². The highest BCUT2D eigenvalue weighted by Gasteiger charge is 2.05. The number of nitrogens with zero attached hydrogens (tertiary/aromatic N) is 1. The SMILES string of the molecule is C=CC(=O)Nc1ccc(CC(=O)NCCc2nc(C)cs2)cc1. The summed E-state index contributed by atoms with van der Waals surface area (Å²) in [4.78, 5) is 27.4. The zero-order chi connectivity index (χ0) is 16.7. The molecule has 1 aromatic carbocycles. The molecule has 2 amide bonds. The minimum atomic E-state index is -0.257. The van der Waals surface area contributed by atoms with Crippen molar-refractivity contribution >= 4 is 28.8 Å². The highest BCUT2D eigenvalue weighted by molar-refractivity contribution is 7.09. The Kier molecular flexibility index (Phi) is 6.05. The molecular formula is C17H19N3O2S. The first-order valence-electron chi connectivity index (χ1n) is 7.27. The molecule has 0 spiro atoms. The Balaban J connectivity index is 1.76. The van der Waals surface area contributed by atoms with E-state index in [9.17, 15) is 9.59 Å². The first-order valence-corrected chi connectivity index (χ1v) is 8.15. The summed E-state index contributed by atoms with van der Waals surface area (Å²) in [5.74, 6) is -0.283. The summed E-state index contributed by atoms with van der Waals surface area (Å²) in [7, 11) is 0. The molecule has 0 aliphatic carbocycles. The largest absolute Gasteiger partial charge is 0.355 e. The molecule has 0 bridgehead atoms. The number of carbonyl (C=O) groups is 2. The van der Waals surface area contributed by atoms with E-state index >= 15 is 0 Å². The number of carbonyl (C=O) groups excluding carboxylic acids is 2. The highest BCUT2D eigenvalue weighted by Crippen LogP contribution is 2.11. The van der Waals surface area contributed by atoms with Gasteiger partial charge in [-0.1, -0.05) is 18.7 Å². The van der Waals surface area contributed by atoms with Crippen LogP contribution < -0.4 is 10.6 Å². The van der Waals surface area contributed by atoms with Crippen molar-refractivity contribution in [3.05, 3.63) is 58.6 Å². The number of benzene rings is 1. The molecule has 0 saturated carbocycles. The fourth-order valence-electron chi connectivity index (χ4n) is 1.97. The number of anilines is 1. The van der Waals surface area contributed by atoms with Crippen LogP contribution in [0.15, 0.2) is 42.3 Å². The second kappa shape index (κ2) is 8.24. The second-order valence-corrected chi connectivity index (χ2v) is 5.99. The van der Waals surface area contributed by atoms with Gasteiger partial charge in [0.2, 0.25) is 11.8 Å². The third-order valence-corrected chi connectivity index (χ3v) is 4.13. The van der Waals surface area contributed by atoms with Gasteiger partial charge in [-0.15, -0.1) is 11.3 Å². The van der Waals surface area contributed by atoms with Crippen LogP contribution in [0.2, 0.25) is 0 Å². The molecule has 0 atom stereocenters. The van der Waals surface area contributed by atoms with Crippen LogP contribution in [0, 0.1) is 6.92 Å². The predicted molar refractivity (Wildman–Crippen MR) is 92.5 cm³/mol. The van der Waals surface area contributed by atoms with Gasteiger partial charge in [-0.2, -0.15) is 0 Å². The first-order chi connectivity index (χ1) is 11.1. The molecule has 2 aromatic rings. The van der Waals surface area contributed by atoms with Crippen molar-refractivity contribution in [1.29, 1.82) is 0 Å². The second-order valence-electron chi connectivity index (χ2n) is 5.05. The zero-order valence-corrected chi connectivity index (χ0v) is 13.8. The minimum Gasteiger partial charge on any atom is -0.355 e. The Labute approximate surface area is 139 Å². The van der Waals surface area contributed by atoms with Crippen molar-refractivity contribution in [2.24, 2.45) is 0 Å². The quantitative estimate of drug-likeness (QED) is 0.767. The van der Waals surface area contributed by atoms with Crippen LogP contribution in [0.1, 0.15) is 16.3 Å². The molecule has 1 heterocycles. The van der Waals surface area contributed by atoms with Crippen molar-refractivity contribution in [3.63, 3.8) is 0 Å². The zero-order valence-electron chi connectivity index (χ0n) is 13.0. The van der Waals surface area contributed by atoms with Gasteiger partial charge in [0.05, 0.1) is 11.4 Å². The maximum absolute atomic E-state index is 11.9. The molecule has 0 radical (unpaired) electrons. The van der Waals surface area contributed by atoms with Gasteiger partial charge in [0.25, 0.3) is 0 Å². The van der Waals surface area contributed by atoms with Crippen LogP contribution in [0.25, 0.3) is 0 Å². The molecule has 2 rings (SSSR count). The first kappa shape index (κ1) is 16.9. The fraction of sp³-hybridized carbons (Fsp3) is 0.235. The summed E-state index contributed by atoms with van der Waals surface area (Å²) in [5.41, 5.74) is 2.59. The van der Waals surface area contributed by atoms with E-state index in [1.54, 1.807) is 23.5 Å². The molecule has 5 nitrogen and oxygen atoms in total. The van der Waals surface area contributed by atoms with Crippen molar-refractivity contribution in [2.75, 3.05) is 11.9 Å². The van der Waals surface area contributed by atoms with E-state index in [4.69, 9.17) is 0 Å². The minimum absolute atomic E-state index is 0.0267. The van der Waals surface area contributed by atoms with Crippen LogP contribution in [0.5, 0.6) is 0 Å². The number of thiazole rings is 1. The van der Waals surface area contributed by atoms with Gasteiger partial charge in [0.15, 0.2) is 0 Å². The summed E-state index contributed by atoms with van der Waals surface area (Å²) in [6.07, 6.45) is 2.27. The van der Waals surface area contributed by atoms with E-state index in [0.717, 1.165) is 22.7 Å². The van der Waals surface area contributed by atoms with Gasteiger partial charge in [0, 0.05) is 29.7 Å². The monoisotopic (exact) mass is 329 g/mol. The molecule has 120 valence electrons. The van der Waals surface area contributed by atoms with Gasteiger partial charge < -0.3 is 10.6 Å². The Morgan fingerprint density at radius 1 is 1.30 bits per heavy atom. The Morgan fingerprint density at radius 2 is 2.04 bits per heavy atom. The van der Waals surface area contributed by atoms with Crippen molar-refractivity contribution in [3.8, 4) is 0 Å². The van der Waals surface area contributed by atoms with Crippen LogP contribution >= 0.6 is 11.3 Å². The Hall–Kier alpha value is -2.47. The van der Waals surface area contributed by atoms with E-state index < -0.39 is 0 Å². The van der Waals surface area contributed by atoms with E-state index in [1.165, 1.54) is 6.08 Å². The van der Waals surface area contributed by atoms with Gasteiger partial charge in [-0.3, -0.25) is 9.59 Å². The molecule has 0 unspecified atom stereocenters. The van der Waals surface area contributed by atoms with Gasteiger partial charge in [0.1, 0.15) is 0 Å². The summed E-state index contributed by atoms with van der Waals surface area (Å²) in [5, 5.41) is 8.59. The third kappa shape index (κ3) is 5.67. The predicted octanol–water partition coefficient (Wildman–Crippen LogP) is 2.48. The average molecular weight is 329 g/mol. The lowest BCUT2D eigenvalue weighted by molar-refractivity contribution is -0.120. The smallest absolute Gasteiger partial charge is 0.247 e. The van der Waals surface area contributed by atoms with Crippen molar-refractivity contribution in [1.82, 2.24) is 10.3 Å². The fourth-order valence-corrected chi connectivity index (χ4v) is 2.75. The van der Waals surface area contributed by atoms with Crippen LogP contribution in [0.4, 0.5) is 5.69 Å². The Bertz CT molecular complexity index is 692. The van der Waals surface area contributed by atoms with Crippen LogP contribution in [-0.4, -0.2) is 23.3 Å².